The Bertz CT molecular complexity index is 1180. The van der Waals surface area contributed by atoms with Crippen LogP contribution in [0.1, 0.15) is 11.1 Å². The third-order valence-corrected chi connectivity index (χ3v) is 4.60. The fourth-order valence-corrected chi connectivity index (χ4v) is 3.15. The quantitative estimate of drug-likeness (QED) is 0.505. The molecular formula is C22H18FN3O3. The molecule has 1 amide bonds. The van der Waals surface area contributed by atoms with Gasteiger partial charge in [-0.15, -0.1) is 0 Å². The molecule has 0 atom stereocenters. The highest BCUT2D eigenvalue weighted by Crippen LogP contribution is 2.15. The molecule has 7 heteroatoms. The summed E-state index contributed by atoms with van der Waals surface area (Å²) in [6.07, 6.45) is 3.34. The van der Waals surface area contributed by atoms with Crippen molar-refractivity contribution in [2.45, 2.75) is 19.6 Å². The van der Waals surface area contributed by atoms with Gasteiger partial charge in [0.25, 0.3) is 0 Å². The Balaban J connectivity index is 1.62. The highest BCUT2D eigenvalue weighted by atomic mass is 19.1. The zero-order valence-corrected chi connectivity index (χ0v) is 15.5. The number of aromatic nitrogens is 2. The number of para-hydroxylation sites is 2. The first-order valence-electron chi connectivity index (χ1n) is 9.09. The molecule has 146 valence electrons. The maximum Gasteiger partial charge on any atom is 0.420 e. The summed E-state index contributed by atoms with van der Waals surface area (Å²) in [6, 6.07) is 16.6. The Morgan fingerprint density at radius 1 is 1.00 bits per heavy atom. The lowest BCUT2D eigenvalue weighted by Gasteiger charge is -2.23. The first kappa shape index (κ1) is 18.6. The molecule has 0 N–H and O–H groups in total. The van der Waals surface area contributed by atoms with Gasteiger partial charge in [0.15, 0.2) is 5.58 Å². The van der Waals surface area contributed by atoms with E-state index in [4.69, 9.17) is 4.42 Å². The van der Waals surface area contributed by atoms with Crippen LogP contribution in [0.25, 0.3) is 11.1 Å². The Morgan fingerprint density at radius 2 is 1.76 bits per heavy atom. The number of fused-ring (bicyclic) bond motifs is 1. The van der Waals surface area contributed by atoms with Crippen LogP contribution in [-0.4, -0.2) is 20.4 Å². The van der Waals surface area contributed by atoms with Crippen LogP contribution in [0.3, 0.4) is 0 Å². The zero-order valence-electron chi connectivity index (χ0n) is 15.5. The van der Waals surface area contributed by atoms with Gasteiger partial charge in [-0.25, -0.2) is 9.18 Å². The van der Waals surface area contributed by atoms with Crippen molar-refractivity contribution in [2.75, 3.05) is 0 Å². The van der Waals surface area contributed by atoms with Gasteiger partial charge >= 0.3 is 5.76 Å². The Hall–Kier alpha value is -3.74. The lowest BCUT2D eigenvalue weighted by molar-refractivity contribution is -0.133. The molecule has 0 aliphatic carbocycles. The maximum atomic E-state index is 13.2. The lowest BCUT2D eigenvalue weighted by atomic mass is 10.2. The molecule has 2 aromatic carbocycles. The van der Waals surface area contributed by atoms with Gasteiger partial charge in [0.2, 0.25) is 5.91 Å². The van der Waals surface area contributed by atoms with Gasteiger partial charge in [-0.1, -0.05) is 30.3 Å². The number of halogens is 1. The number of amides is 1. The molecule has 0 saturated carbocycles. The van der Waals surface area contributed by atoms with Crippen LogP contribution in [0.15, 0.2) is 82.3 Å². The number of hydrogen-bond acceptors (Lipinski definition) is 4. The van der Waals surface area contributed by atoms with Crippen LogP contribution in [0.4, 0.5) is 4.39 Å². The van der Waals surface area contributed by atoms with E-state index in [0.717, 1.165) is 11.1 Å². The van der Waals surface area contributed by atoms with E-state index in [1.807, 2.05) is 6.07 Å². The van der Waals surface area contributed by atoms with Gasteiger partial charge in [-0.3, -0.25) is 14.3 Å². The molecule has 0 radical (unpaired) electrons. The van der Waals surface area contributed by atoms with E-state index < -0.39 is 5.76 Å². The fraction of sp³-hybridized carbons (Fsp3) is 0.136. The molecule has 0 saturated heterocycles. The van der Waals surface area contributed by atoms with Crippen LogP contribution < -0.4 is 5.76 Å². The average molecular weight is 391 g/mol. The molecule has 0 fully saturated rings. The van der Waals surface area contributed by atoms with Crippen LogP contribution in [-0.2, 0) is 24.4 Å². The van der Waals surface area contributed by atoms with Crippen molar-refractivity contribution in [2.24, 2.45) is 0 Å². The van der Waals surface area contributed by atoms with Gasteiger partial charge in [0.1, 0.15) is 12.4 Å². The first-order chi connectivity index (χ1) is 14.1. The molecule has 6 nitrogen and oxygen atoms in total. The van der Waals surface area contributed by atoms with E-state index in [-0.39, 0.29) is 24.8 Å². The number of benzene rings is 2. The van der Waals surface area contributed by atoms with Gasteiger partial charge in [-0.2, -0.15) is 0 Å². The second-order valence-corrected chi connectivity index (χ2v) is 6.66. The highest BCUT2D eigenvalue weighted by molar-refractivity contribution is 5.79. The van der Waals surface area contributed by atoms with Crippen LogP contribution in [0, 0.1) is 5.82 Å². The minimum absolute atomic E-state index is 0.155. The Kier molecular flexibility index (Phi) is 5.20. The van der Waals surface area contributed by atoms with E-state index in [1.165, 1.54) is 16.7 Å². The molecule has 0 bridgehead atoms. The Labute approximate surface area is 165 Å². The van der Waals surface area contributed by atoms with Crippen LogP contribution in [0.2, 0.25) is 0 Å². The highest BCUT2D eigenvalue weighted by Gasteiger charge is 2.19. The van der Waals surface area contributed by atoms with E-state index in [2.05, 4.69) is 4.98 Å². The van der Waals surface area contributed by atoms with Crippen molar-refractivity contribution in [3.63, 3.8) is 0 Å². The summed E-state index contributed by atoms with van der Waals surface area (Å²) in [5, 5.41) is 0. The molecule has 0 spiro atoms. The van der Waals surface area contributed by atoms with Crippen molar-refractivity contribution in [3.05, 3.63) is 101 Å². The summed E-state index contributed by atoms with van der Waals surface area (Å²) >= 11 is 0. The van der Waals surface area contributed by atoms with Crippen molar-refractivity contribution in [1.82, 2.24) is 14.5 Å². The molecule has 29 heavy (non-hydrogen) atoms. The summed E-state index contributed by atoms with van der Waals surface area (Å²) in [7, 11) is 0. The molecule has 0 unspecified atom stereocenters. The monoisotopic (exact) mass is 391 g/mol. The standard InChI is InChI=1S/C22H18FN3O3/c23-18-9-7-16(8-10-18)13-25(14-17-4-3-11-24-12-17)21(27)15-26-19-5-1-2-6-20(19)29-22(26)28/h1-12H,13-15H2. The molecule has 2 heterocycles. The average Bonchev–Trinajstić information content (AvgIpc) is 3.05. The topological polar surface area (TPSA) is 68.3 Å². The summed E-state index contributed by atoms with van der Waals surface area (Å²) in [5.74, 6) is -1.18. The summed E-state index contributed by atoms with van der Waals surface area (Å²) in [5.41, 5.74) is 2.64. The smallest absolute Gasteiger partial charge is 0.408 e. The third kappa shape index (κ3) is 4.24. The minimum Gasteiger partial charge on any atom is -0.408 e. The van der Waals surface area contributed by atoms with Crippen molar-refractivity contribution in [1.29, 1.82) is 0 Å². The predicted molar refractivity (Wildman–Crippen MR) is 105 cm³/mol. The van der Waals surface area contributed by atoms with Gasteiger partial charge < -0.3 is 9.32 Å². The number of carbonyl (C=O) groups excluding carboxylic acids is 1. The van der Waals surface area contributed by atoms with Gasteiger partial charge in [-0.05, 0) is 41.5 Å². The van der Waals surface area contributed by atoms with Crippen molar-refractivity contribution >= 4 is 17.0 Å². The molecule has 0 aliphatic rings. The molecular weight excluding hydrogens is 373 g/mol. The van der Waals surface area contributed by atoms with Crippen molar-refractivity contribution in [3.8, 4) is 0 Å². The number of hydrogen-bond donors (Lipinski definition) is 0. The molecule has 2 aromatic heterocycles. The third-order valence-electron chi connectivity index (χ3n) is 4.60. The lowest BCUT2D eigenvalue weighted by Crippen LogP contribution is -2.35. The normalized spacial score (nSPS) is 10.9. The summed E-state index contributed by atoms with van der Waals surface area (Å²) in [6.45, 7) is 0.435. The van der Waals surface area contributed by atoms with E-state index >= 15 is 0 Å². The minimum atomic E-state index is -0.581. The molecule has 4 aromatic rings. The largest absolute Gasteiger partial charge is 0.420 e. The Morgan fingerprint density at radius 3 is 2.52 bits per heavy atom. The van der Waals surface area contributed by atoms with E-state index in [0.29, 0.717) is 17.6 Å². The van der Waals surface area contributed by atoms with E-state index in [9.17, 15) is 14.0 Å². The number of carbonyl (C=O) groups is 1. The fourth-order valence-electron chi connectivity index (χ4n) is 3.15. The number of oxazole rings is 1. The maximum absolute atomic E-state index is 13.2. The number of rotatable bonds is 6. The zero-order chi connectivity index (χ0) is 20.2. The van der Waals surface area contributed by atoms with Crippen molar-refractivity contribution < 1.29 is 13.6 Å². The summed E-state index contributed by atoms with van der Waals surface area (Å²) in [4.78, 5) is 31.0. The number of pyridine rings is 1. The predicted octanol–water partition coefficient (Wildman–Crippen LogP) is 3.36. The van der Waals surface area contributed by atoms with Gasteiger partial charge in [0, 0.05) is 25.5 Å². The SMILES string of the molecule is O=C(Cn1c(=O)oc2ccccc21)N(Cc1ccc(F)cc1)Cc1cccnc1. The second kappa shape index (κ2) is 8.10. The molecule has 0 aliphatic heterocycles. The van der Waals surface area contributed by atoms with Crippen LogP contribution >= 0.6 is 0 Å². The van der Waals surface area contributed by atoms with Crippen LogP contribution in [0.5, 0.6) is 0 Å². The van der Waals surface area contributed by atoms with E-state index in [1.54, 1.807) is 59.8 Å². The number of nitrogens with zero attached hydrogens (tertiary/aromatic N) is 3. The second-order valence-electron chi connectivity index (χ2n) is 6.66. The molecule has 4 rings (SSSR count). The van der Waals surface area contributed by atoms with Gasteiger partial charge in [0.05, 0.1) is 5.52 Å². The summed E-state index contributed by atoms with van der Waals surface area (Å²) < 4.78 is 19.8. The first-order valence-corrected chi connectivity index (χ1v) is 9.09.